The van der Waals surface area contributed by atoms with Gasteiger partial charge >= 0.3 is 5.97 Å². The molecule has 1 aromatic rings. The number of amides is 1. The van der Waals surface area contributed by atoms with E-state index >= 15 is 0 Å². The van der Waals surface area contributed by atoms with E-state index in [1.54, 1.807) is 12.1 Å². The van der Waals surface area contributed by atoms with E-state index in [1.807, 2.05) is 4.90 Å². The first-order valence-corrected chi connectivity index (χ1v) is 6.98. The molecule has 1 amide bonds. The zero-order chi connectivity index (χ0) is 15.2. The van der Waals surface area contributed by atoms with Gasteiger partial charge in [0.15, 0.2) is 0 Å². The van der Waals surface area contributed by atoms with Crippen molar-refractivity contribution < 1.29 is 19.1 Å². The molecule has 114 valence electrons. The molecule has 1 saturated heterocycles. The molecule has 2 rings (SSSR count). The quantitative estimate of drug-likeness (QED) is 0.828. The number of benzene rings is 1. The lowest BCUT2D eigenvalue weighted by Crippen LogP contribution is -2.35. The zero-order valence-corrected chi connectivity index (χ0v) is 11.7. The second kappa shape index (κ2) is 7.17. The topological polar surface area (TPSA) is 69.6 Å². The first kappa shape index (κ1) is 15.4. The van der Waals surface area contributed by atoms with Crippen LogP contribution in [0.1, 0.15) is 18.4 Å². The Morgan fingerprint density at radius 2 is 2.05 bits per heavy atom. The first-order valence-electron chi connectivity index (χ1n) is 6.98. The lowest BCUT2D eigenvalue weighted by molar-refractivity contribution is -0.138. The molecule has 0 spiro atoms. The molecule has 6 heteroatoms. The van der Waals surface area contributed by atoms with Gasteiger partial charge in [0.25, 0.3) is 0 Å². The molecule has 21 heavy (non-hydrogen) atoms. The van der Waals surface area contributed by atoms with Crippen LogP contribution in [0.15, 0.2) is 24.3 Å². The van der Waals surface area contributed by atoms with Gasteiger partial charge in [-0.2, -0.15) is 0 Å². The van der Waals surface area contributed by atoms with Gasteiger partial charge in [-0.1, -0.05) is 12.1 Å². The van der Waals surface area contributed by atoms with Crippen LogP contribution in [-0.4, -0.2) is 41.5 Å². The van der Waals surface area contributed by atoms with Gasteiger partial charge in [0, 0.05) is 19.5 Å². The molecular weight excluding hydrogens is 275 g/mol. The number of hydrogen-bond donors (Lipinski definition) is 2. The maximum absolute atomic E-state index is 12.7. The second-order valence-electron chi connectivity index (χ2n) is 5.39. The third-order valence-corrected chi connectivity index (χ3v) is 3.60. The van der Waals surface area contributed by atoms with E-state index in [-0.39, 0.29) is 30.6 Å². The summed E-state index contributed by atoms with van der Waals surface area (Å²) in [5.74, 6) is -1.06. The third-order valence-electron chi connectivity index (χ3n) is 3.60. The molecule has 1 atom stereocenters. The molecule has 2 N–H and O–H groups in total. The molecule has 1 unspecified atom stereocenters. The summed E-state index contributed by atoms with van der Waals surface area (Å²) >= 11 is 0. The van der Waals surface area contributed by atoms with Crippen molar-refractivity contribution in [3.05, 3.63) is 35.6 Å². The van der Waals surface area contributed by atoms with Gasteiger partial charge in [-0.05, 0) is 36.6 Å². The predicted octanol–water partition coefficient (Wildman–Crippen LogP) is 1.24. The van der Waals surface area contributed by atoms with Crippen molar-refractivity contribution in [2.75, 3.05) is 19.6 Å². The summed E-state index contributed by atoms with van der Waals surface area (Å²) in [6, 6.07) is 5.99. The predicted molar refractivity (Wildman–Crippen MR) is 75.0 cm³/mol. The normalized spacial score (nSPS) is 18.6. The number of halogens is 1. The maximum Gasteiger partial charge on any atom is 0.303 e. The number of carboxylic acid groups (broad SMARTS) is 1. The highest BCUT2D eigenvalue weighted by molar-refractivity contribution is 5.78. The van der Waals surface area contributed by atoms with Crippen molar-refractivity contribution in [1.29, 1.82) is 0 Å². The Hall–Kier alpha value is -1.95. The summed E-state index contributed by atoms with van der Waals surface area (Å²) in [5.41, 5.74) is 0.843. The Labute approximate surface area is 122 Å². The highest BCUT2D eigenvalue weighted by Crippen LogP contribution is 2.18. The average Bonchev–Trinajstić information content (AvgIpc) is 2.84. The van der Waals surface area contributed by atoms with Gasteiger partial charge in [0.1, 0.15) is 5.82 Å². The lowest BCUT2D eigenvalue weighted by Gasteiger charge is -2.15. The van der Waals surface area contributed by atoms with Gasteiger partial charge in [-0.15, -0.1) is 0 Å². The van der Waals surface area contributed by atoms with Crippen LogP contribution in [0.3, 0.4) is 0 Å². The molecule has 1 fully saturated rings. The average molecular weight is 294 g/mol. The monoisotopic (exact) mass is 294 g/mol. The highest BCUT2D eigenvalue weighted by atomic mass is 19.1. The van der Waals surface area contributed by atoms with E-state index in [0.717, 1.165) is 18.5 Å². The summed E-state index contributed by atoms with van der Waals surface area (Å²) in [4.78, 5) is 24.4. The fourth-order valence-electron chi connectivity index (χ4n) is 2.53. The summed E-state index contributed by atoms with van der Waals surface area (Å²) in [6.45, 7) is 2.04. The number of carboxylic acids is 1. The van der Waals surface area contributed by atoms with Gasteiger partial charge in [0.2, 0.25) is 5.91 Å². The van der Waals surface area contributed by atoms with Crippen LogP contribution >= 0.6 is 0 Å². The number of hydrogen-bond acceptors (Lipinski definition) is 3. The van der Waals surface area contributed by atoms with Gasteiger partial charge in [0.05, 0.1) is 6.54 Å². The molecule has 0 aromatic heterocycles. The van der Waals surface area contributed by atoms with E-state index in [1.165, 1.54) is 12.1 Å². The SMILES string of the molecule is O=C(O)CC1CCN(CC(=O)NCc2ccc(F)cc2)C1. The Balaban J connectivity index is 1.70. The van der Waals surface area contributed by atoms with Crippen LogP contribution in [0, 0.1) is 11.7 Å². The summed E-state index contributed by atoms with van der Waals surface area (Å²) in [5, 5.41) is 11.5. The lowest BCUT2D eigenvalue weighted by atomic mass is 10.1. The zero-order valence-electron chi connectivity index (χ0n) is 11.7. The van der Waals surface area contributed by atoms with Crippen LogP contribution in [0.2, 0.25) is 0 Å². The fraction of sp³-hybridized carbons (Fsp3) is 0.467. The van der Waals surface area contributed by atoms with E-state index < -0.39 is 5.97 Å². The van der Waals surface area contributed by atoms with Crippen LogP contribution in [0.25, 0.3) is 0 Å². The Kier molecular flexibility index (Phi) is 5.27. The van der Waals surface area contributed by atoms with Crippen molar-refractivity contribution in [2.24, 2.45) is 5.92 Å². The minimum Gasteiger partial charge on any atom is -0.481 e. The summed E-state index contributed by atoms with van der Waals surface area (Å²) < 4.78 is 12.7. The molecule has 5 nitrogen and oxygen atoms in total. The molecule has 1 aliphatic heterocycles. The number of rotatable bonds is 6. The number of nitrogens with zero attached hydrogens (tertiary/aromatic N) is 1. The van der Waals surface area contributed by atoms with Crippen LogP contribution in [-0.2, 0) is 16.1 Å². The van der Waals surface area contributed by atoms with Crippen LogP contribution in [0.5, 0.6) is 0 Å². The largest absolute Gasteiger partial charge is 0.481 e. The number of likely N-dealkylation sites (tertiary alicyclic amines) is 1. The van der Waals surface area contributed by atoms with E-state index in [9.17, 15) is 14.0 Å². The fourth-order valence-corrected chi connectivity index (χ4v) is 2.53. The molecule has 1 heterocycles. The standard InChI is InChI=1S/C15H19FN2O3/c16-13-3-1-11(2-4-13)8-17-14(19)10-18-6-5-12(9-18)7-15(20)21/h1-4,12H,5-10H2,(H,17,19)(H,20,21). The first-order chi connectivity index (χ1) is 10.0. The minimum absolute atomic E-state index is 0.102. The molecule has 1 aliphatic rings. The Morgan fingerprint density at radius 1 is 1.33 bits per heavy atom. The molecule has 0 saturated carbocycles. The minimum atomic E-state index is -0.789. The van der Waals surface area contributed by atoms with Crippen LogP contribution in [0.4, 0.5) is 4.39 Å². The van der Waals surface area contributed by atoms with E-state index in [4.69, 9.17) is 5.11 Å². The summed E-state index contributed by atoms with van der Waals surface area (Å²) in [6.07, 6.45) is 0.977. The number of carbonyl (C=O) groups is 2. The van der Waals surface area contributed by atoms with E-state index in [2.05, 4.69) is 5.32 Å². The van der Waals surface area contributed by atoms with Crippen molar-refractivity contribution in [1.82, 2.24) is 10.2 Å². The maximum atomic E-state index is 12.7. The second-order valence-corrected chi connectivity index (χ2v) is 5.39. The van der Waals surface area contributed by atoms with Gasteiger partial charge < -0.3 is 10.4 Å². The Bertz CT molecular complexity index is 504. The number of nitrogens with one attached hydrogen (secondary N) is 1. The van der Waals surface area contributed by atoms with Gasteiger partial charge in [-0.25, -0.2) is 4.39 Å². The molecule has 0 radical (unpaired) electrons. The number of aliphatic carboxylic acids is 1. The smallest absolute Gasteiger partial charge is 0.303 e. The van der Waals surface area contributed by atoms with E-state index in [0.29, 0.717) is 13.1 Å². The van der Waals surface area contributed by atoms with Crippen molar-refractivity contribution in [3.63, 3.8) is 0 Å². The molecular formula is C15H19FN2O3. The third kappa shape index (κ3) is 5.15. The van der Waals surface area contributed by atoms with Gasteiger partial charge in [-0.3, -0.25) is 14.5 Å². The number of carbonyl (C=O) groups excluding carboxylic acids is 1. The summed E-state index contributed by atoms with van der Waals surface area (Å²) in [7, 11) is 0. The van der Waals surface area contributed by atoms with Crippen molar-refractivity contribution in [3.8, 4) is 0 Å². The van der Waals surface area contributed by atoms with Crippen molar-refractivity contribution in [2.45, 2.75) is 19.4 Å². The highest BCUT2D eigenvalue weighted by Gasteiger charge is 2.25. The molecule has 0 bridgehead atoms. The Morgan fingerprint density at radius 3 is 2.71 bits per heavy atom. The van der Waals surface area contributed by atoms with Crippen molar-refractivity contribution >= 4 is 11.9 Å². The molecule has 0 aliphatic carbocycles. The van der Waals surface area contributed by atoms with Crippen LogP contribution < -0.4 is 5.32 Å². The molecule has 1 aromatic carbocycles.